The van der Waals surface area contributed by atoms with E-state index in [0.29, 0.717) is 6.42 Å². The number of primary sulfonamides is 1. The minimum atomic E-state index is -3.34. The summed E-state index contributed by atoms with van der Waals surface area (Å²) >= 11 is 0. The fourth-order valence-corrected chi connectivity index (χ4v) is 0.876. The summed E-state index contributed by atoms with van der Waals surface area (Å²) in [5, 5.41) is 4.65. The van der Waals surface area contributed by atoms with E-state index in [1.54, 1.807) is 0 Å². The van der Waals surface area contributed by atoms with Crippen LogP contribution in [0.3, 0.4) is 0 Å². The van der Waals surface area contributed by atoms with Crippen LogP contribution >= 0.6 is 0 Å². The average molecular weight is 148 g/mol. The second kappa shape index (κ2) is 3.43. The van der Waals surface area contributed by atoms with Crippen molar-refractivity contribution < 1.29 is 8.42 Å². The van der Waals surface area contributed by atoms with Gasteiger partial charge < -0.3 is 4.85 Å². The molecule has 0 aliphatic rings. The molecule has 0 fully saturated rings. The second-order valence-electron chi connectivity index (χ2n) is 1.60. The Morgan fingerprint density at radius 2 is 2.11 bits per heavy atom. The van der Waals surface area contributed by atoms with Gasteiger partial charge in [0.25, 0.3) is 0 Å². The Morgan fingerprint density at radius 1 is 1.56 bits per heavy atom. The molecule has 0 aromatic carbocycles. The van der Waals surface area contributed by atoms with E-state index in [0.717, 1.165) is 0 Å². The fourth-order valence-electron chi connectivity index (χ4n) is 0.345. The van der Waals surface area contributed by atoms with Gasteiger partial charge in [-0.1, -0.05) is 0 Å². The zero-order chi connectivity index (χ0) is 7.33. The molecule has 0 spiro atoms. The SMILES string of the molecule is [C-]#[N+]CCCS(N)(=O)=O. The normalized spacial score (nSPS) is 10.7. The van der Waals surface area contributed by atoms with Crippen molar-refractivity contribution >= 4 is 10.0 Å². The zero-order valence-electron chi connectivity index (χ0n) is 4.87. The Kier molecular flexibility index (Phi) is 3.20. The van der Waals surface area contributed by atoms with Gasteiger partial charge in [0.05, 0.1) is 5.75 Å². The largest absolute Gasteiger partial charge is 0.317 e. The van der Waals surface area contributed by atoms with Crippen LogP contribution < -0.4 is 5.14 Å². The lowest BCUT2D eigenvalue weighted by Crippen LogP contribution is -2.16. The van der Waals surface area contributed by atoms with Crippen LogP contribution in [0.15, 0.2) is 0 Å². The highest BCUT2D eigenvalue weighted by atomic mass is 32.2. The maximum Gasteiger partial charge on any atom is 0.215 e. The number of nitrogens with two attached hydrogens (primary N) is 1. The molecule has 0 unspecified atom stereocenters. The molecule has 0 rings (SSSR count). The second-order valence-corrected chi connectivity index (χ2v) is 3.34. The van der Waals surface area contributed by atoms with Crippen molar-refractivity contribution in [2.75, 3.05) is 12.3 Å². The van der Waals surface area contributed by atoms with Gasteiger partial charge in [-0.15, -0.1) is 0 Å². The van der Waals surface area contributed by atoms with Gasteiger partial charge in [-0.3, -0.25) is 0 Å². The van der Waals surface area contributed by atoms with E-state index >= 15 is 0 Å². The Bertz CT molecular complexity index is 201. The lowest BCUT2D eigenvalue weighted by molar-refractivity contribution is 0.596. The van der Waals surface area contributed by atoms with Crippen molar-refractivity contribution in [1.29, 1.82) is 0 Å². The first-order valence-corrected chi connectivity index (χ1v) is 4.11. The molecule has 9 heavy (non-hydrogen) atoms. The summed E-state index contributed by atoms with van der Waals surface area (Å²) in [6.07, 6.45) is 0.336. The minimum absolute atomic E-state index is 0.0879. The molecule has 0 saturated carbocycles. The van der Waals surface area contributed by atoms with Gasteiger partial charge in [-0.2, -0.15) is 0 Å². The summed E-state index contributed by atoms with van der Waals surface area (Å²) in [5.74, 6) is -0.0879. The van der Waals surface area contributed by atoms with E-state index in [1.165, 1.54) is 0 Å². The van der Waals surface area contributed by atoms with E-state index < -0.39 is 10.0 Å². The molecule has 52 valence electrons. The van der Waals surface area contributed by atoms with E-state index in [2.05, 4.69) is 9.98 Å². The topological polar surface area (TPSA) is 64.5 Å². The van der Waals surface area contributed by atoms with Crippen LogP contribution in [0.1, 0.15) is 6.42 Å². The maximum absolute atomic E-state index is 10.2. The molecular formula is C4H8N2O2S. The molecule has 0 amide bonds. The molecule has 2 N–H and O–H groups in total. The monoisotopic (exact) mass is 148 g/mol. The van der Waals surface area contributed by atoms with Crippen LogP contribution in [0.2, 0.25) is 0 Å². The smallest absolute Gasteiger partial charge is 0.215 e. The molecule has 4 nitrogen and oxygen atoms in total. The number of sulfonamides is 1. The average Bonchev–Trinajstić information content (AvgIpc) is 1.63. The highest BCUT2D eigenvalue weighted by Crippen LogP contribution is 1.84. The summed E-state index contributed by atoms with van der Waals surface area (Å²) in [4.78, 5) is 2.97. The molecule has 0 aromatic heterocycles. The summed E-state index contributed by atoms with van der Waals surface area (Å²) in [6.45, 7) is 6.53. The third kappa shape index (κ3) is 7.40. The van der Waals surface area contributed by atoms with Crippen molar-refractivity contribution in [3.05, 3.63) is 11.4 Å². The van der Waals surface area contributed by atoms with Crippen molar-refractivity contribution in [2.24, 2.45) is 5.14 Å². The molecular weight excluding hydrogens is 140 g/mol. The number of rotatable bonds is 3. The standard InChI is InChI=1S/C4H8N2O2S/c1-6-3-2-4-9(5,7)8/h2-4H2,(H2,5,7,8). The predicted molar refractivity (Wildman–Crippen MR) is 34.1 cm³/mol. The van der Waals surface area contributed by atoms with E-state index in [-0.39, 0.29) is 12.3 Å². The lowest BCUT2D eigenvalue weighted by atomic mass is 10.5. The molecule has 0 aliphatic carbocycles. The molecule has 0 aliphatic heterocycles. The number of nitrogens with zero attached hydrogens (tertiary/aromatic N) is 1. The fraction of sp³-hybridized carbons (Fsp3) is 0.750. The molecule has 0 atom stereocenters. The van der Waals surface area contributed by atoms with Gasteiger partial charge >= 0.3 is 0 Å². The van der Waals surface area contributed by atoms with Gasteiger partial charge in [0, 0.05) is 6.42 Å². The summed E-state index contributed by atoms with van der Waals surface area (Å²) in [6, 6.07) is 0. The highest BCUT2D eigenvalue weighted by molar-refractivity contribution is 7.89. The van der Waals surface area contributed by atoms with E-state index in [4.69, 9.17) is 6.57 Å². The van der Waals surface area contributed by atoms with E-state index in [1.807, 2.05) is 0 Å². The lowest BCUT2D eigenvalue weighted by Gasteiger charge is -1.88. The Balaban J connectivity index is 3.44. The minimum Gasteiger partial charge on any atom is -0.317 e. The summed E-state index contributed by atoms with van der Waals surface area (Å²) in [7, 11) is -3.34. The predicted octanol–water partition coefficient (Wildman–Crippen LogP) is -0.416. The number of hydrogen-bond donors (Lipinski definition) is 1. The van der Waals surface area contributed by atoms with Gasteiger partial charge in [-0.05, 0) is 0 Å². The van der Waals surface area contributed by atoms with Crippen molar-refractivity contribution in [3.8, 4) is 0 Å². The quantitative estimate of drug-likeness (QED) is 0.436. The molecule has 0 heterocycles. The van der Waals surface area contributed by atoms with Crippen LogP contribution in [0, 0.1) is 6.57 Å². The molecule has 0 radical (unpaired) electrons. The maximum atomic E-state index is 10.2. The third-order valence-electron chi connectivity index (χ3n) is 0.699. The van der Waals surface area contributed by atoms with Crippen LogP contribution in [0.25, 0.3) is 4.85 Å². The van der Waals surface area contributed by atoms with Crippen LogP contribution in [-0.4, -0.2) is 20.7 Å². The molecule has 5 heteroatoms. The Hall–Kier alpha value is -0.600. The first-order chi connectivity index (χ1) is 4.06. The highest BCUT2D eigenvalue weighted by Gasteiger charge is 2.01. The van der Waals surface area contributed by atoms with Crippen LogP contribution in [0.5, 0.6) is 0 Å². The first-order valence-electron chi connectivity index (χ1n) is 2.40. The van der Waals surface area contributed by atoms with Crippen LogP contribution in [0.4, 0.5) is 0 Å². The zero-order valence-corrected chi connectivity index (χ0v) is 5.69. The van der Waals surface area contributed by atoms with Gasteiger partial charge in [0.1, 0.15) is 0 Å². The number of hydrogen-bond acceptors (Lipinski definition) is 2. The first kappa shape index (κ1) is 8.40. The Morgan fingerprint density at radius 3 is 2.44 bits per heavy atom. The molecule has 0 aromatic rings. The van der Waals surface area contributed by atoms with Gasteiger partial charge in [-0.25, -0.2) is 20.1 Å². The summed E-state index contributed by atoms with van der Waals surface area (Å²) < 4.78 is 20.4. The van der Waals surface area contributed by atoms with Crippen LogP contribution in [-0.2, 0) is 10.0 Å². The van der Waals surface area contributed by atoms with Gasteiger partial charge in [0.2, 0.25) is 16.6 Å². The Labute approximate surface area is 54.5 Å². The molecule has 0 saturated heterocycles. The van der Waals surface area contributed by atoms with Crippen molar-refractivity contribution in [3.63, 3.8) is 0 Å². The third-order valence-corrected chi connectivity index (χ3v) is 1.56. The summed E-state index contributed by atoms with van der Waals surface area (Å²) in [5.41, 5.74) is 0. The molecule has 0 bridgehead atoms. The van der Waals surface area contributed by atoms with E-state index in [9.17, 15) is 8.42 Å². The van der Waals surface area contributed by atoms with Crippen molar-refractivity contribution in [2.45, 2.75) is 6.42 Å². The van der Waals surface area contributed by atoms with Gasteiger partial charge in [0.15, 0.2) is 0 Å². The van der Waals surface area contributed by atoms with Crippen molar-refractivity contribution in [1.82, 2.24) is 0 Å².